The summed E-state index contributed by atoms with van der Waals surface area (Å²) in [7, 11) is 0. The van der Waals surface area contributed by atoms with E-state index in [9.17, 15) is 9.59 Å². The molecule has 242 valence electrons. The quantitative estimate of drug-likeness (QED) is 0.0603. The fourth-order valence-electron chi connectivity index (χ4n) is 5.93. The first kappa shape index (κ1) is 34.7. The standard InChI is InChI=1S/C40H46O2S4/c1-3-5-7-9-11-13-15-31-17-19-37(43-31)39-23-21-35(45-39)33-25-30(28-42)34(26-29(33)27-41)36-22-24-40(46-36)38-20-18-32(44-38)16-14-12-10-8-6-4-2/h17-28H,3-16H2,1-2H3. The Morgan fingerprint density at radius 1 is 0.435 bits per heavy atom. The minimum Gasteiger partial charge on any atom is -0.298 e. The Balaban J connectivity index is 1.27. The molecule has 0 atom stereocenters. The van der Waals surface area contributed by atoms with Crippen LogP contribution in [-0.2, 0) is 12.8 Å². The van der Waals surface area contributed by atoms with Crippen molar-refractivity contribution in [2.45, 2.75) is 104 Å². The summed E-state index contributed by atoms with van der Waals surface area (Å²) in [4.78, 5) is 34.6. The number of aryl methyl sites for hydroxylation is 2. The van der Waals surface area contributed by atoms with Gasteiger partial charge in [0, 0.05) is 61.3 Å². The second-order valence-corrected chi connectivity index (χ2v) is 16.7. The van der Waals surface area contributed by atoms with E-state index in [4.69, 9.17) is 0 Å². The van der Waals surface area contributed by atoms with Crippen molar-refractivity contribution >= 4 is 57.9 Å². The lowest BCUT2D eigenvalue weighted by Crippen LogP contribution is -1.93. The number of hydrogen-bond acceptors (Lipinski definition) is 6. The summed E-state index contributed by atoms with van der Waals surface area (Å²) in [5.41, 5.74) is 2.90. The summed E-state index contributed by atoms with van der Waals surface area (Å²) in [6, 6.07) is 21.3. The van der Waals surface area contributed by atoms with Crippen molar-refractivity contribution in [2.24, 2.45) is 0 Å². The Hall–Kier alpha value is -2.64. The second kappa shape index (κ2) is 18.1. The van der Waals surface area contributed by atoms with E-state index in [0.717, 1.165) is 46.3 Å². The molecule has 0 fully saturated rings. The van der Waals surface area contributed by atoms with Gasteiger partial charge in [-0.3, -0.25) is 9.59 Å². The molecule has 6 heteroatoms. The molecule has 4 heterocycles. The molecular formula is C40H46O2S4. The number of thiophene rings is 4. The van der Waals surface area contributed by atoms with Crippen LogP contribution in [0.4, 0.5) is 0 Å². The predicted octanol–water partition coefficient (Wildman–Crippen LogP) is 14.0. The Morgan fingerprint density at radius 3 is 1.20 bits per heavy atom. The average Bonchev–Trinajstić information content (AvgIpc) is 3.90. The SMILES string of the molecule is CCCCCCCCc1ccc(-c2ccc(-c3cc(C=O)c(-c4ccc(-c5ccc(CCCCCCCC)s5)s4)cc3C=O)s2)s1. The smallest absolute Gasteiger partial charge is 0.150 e. The highest BCUT2D eigenvalue weighted by Crippen LogP contribution is 2.43. The summed E-state index contributed by atoms with van der Waals surface area (Å²) in [5.74, 6) is 0. The molecule has 4 aromatic heterocycles. The molecule has 5 aromatic rings. The largest absolute Gasteiger partial charge is 0.298 e. The Kier molecular flexibility index (Phi) is 13.6. The highest BCUT2D eigenvalue weighted by atomic mass is 32.1. The molecule has 0 unspecified atom stereocenters. The number of benzene rings is 1. The van der Waals surface area contributed by atoms with E-state index in [1.807, 2.05) is 34.8 Å². The fourth-order valence-corrected chi connectivity index (χ4v) is 10.3. The highest BCUT2D eigenvalue weighted by molar-refractivity contribution is 7.24. The van der Waals surface area contributed by atoms with Crippen LogP contribution < -0.4 is 0 Å². The van der Waals surface area contributed by atoms with Gasteiger partial charge in [-0.25, -0.2) is 0 Å². The number of carbonyl (C=O) groups is 2. The molecule has 0 N–H and O–H groups in total. The van der Waals surface area contributed by atoms with Crippen molar-refractivity contribution in [1.29, 1.82) is 0 Å². The monoisotopic (exact) mass is 686 g/mol. The summed E-state index contributed by atoms with van der Waals surface area (Å²) >= 11 is 7.14. The normalized spacial score (nSPS) is 11.3. The number of unbranched alkanes of at least 4 members (excludes halogenated alkanes) is 10. The first-order valence-corrected chi connectivity index (χ1v) is 20.4. The van der Waals surface area contributed by atoms with E-state index >= 15 is 0 Å². The van der Waals surface area contributed by atoms with Gasteiger partial charge in [-0.05, 0) is 86.3 Å². The van der Waals surface area contributed by atoms with E-state index in [2.05, 4.69) is 62.4 Å². The van der Waals surface area contributed by atoms with Crippen molar-refractivity contribution in [2.75, 3.05) is 0 Å². The van der Waals surface area contributed by atoms with E-state index in [-0.39, 0.29) is 0 Å². The Bertz CT molecular complexity index is 1560. The van der Waals surface area contributed by atoms with Crippen LogP contribution in [0.1, 0.15) is 121 Å². The van der Waals surface area contributed by atoms with Crippen molar-refractivity contribution in [3.05, 3.63) is 81.5 Å². The maximum absolute atomic E-state index is 12.4. The molecule has 5 rings (SSSR count). The molecule has 0 amide bonds. The van der Waals surface area contributed by atoms with Gasteiger partial charge in [-0.1, -0.05) is 78.1 Å². The first-order chi connectivity index (χ1) is 22.6. The molecule has 0 aliphatic heterocycles. The van der Waals surface area contributed by atoms with Crippen LogP contribution in [0, 0.1) is 0 Å². The molecule has 46 heavy (non-hydrogen) atoms. The van der Waals surface area contributed by atoms with Gasteiger partial charge in [0.1, 0.15) is 0 Å². The molecule has 0 spiro atoms. The summed E-state index contributed by atoms with van der Waals surface area (Å²) in [6.45, 7) is 4.52. The summed E-state index contributed by atoms with van der Waals surface area (Å²) in [5, 5.41) is 0. The minimum absolute atomic E-state index is 0.622. The molecule has 0 radical (unpaired) electrons. The zero-order valence-corrected chi connectivity index (χ0v) is 30.5. The van der Waals surface area contributed by atoms with Crippen LogP contribution in [0.3, 0.4) is 0 Å². The van der Waals surface area contributed by atoms with E-state index in [1.54, 1.807) is 22.7 Å². The van der Waals surface area contributed by atoms with Crippen molar-refractivity contribution < 1.29 is 9.59 Å². The zero-order valence-electron chi connectivity index (χ0n) is 27.3. The Morgan fingerprint density at radius 2 is 0.783 bits per heavy atom. The van der Waals surface area contributed by atoms with Crippen molar-refractivity contribution in [1.82, 2.24) is 0 Å². The van der Waals surface area contributed by atoms with Gasteiger partial charge in [0.2, 0.25) is 0 Å². The van der Waals surface area contributed by atoms with Gasteiger partial charge in [0.05, 0.1) is 0 Å². The fraction of sp³-hybridized carbons (Fsp3) is 0.400. The molecule has 0 bridgehead atoms. The summed E-state index contributed by atoms with van der Waals surface area (Å²) in [6.07, 6.45) is 19.9. The molecule has 0 aliphatic rings. The van der Waals surface area contributed by atoms with Gasteiger partial charge in [-0.15, -0.1) is 45.3 Å². The number of rotatable bonds is 20. The average molecular weight is 687 g/mol. The highest BCUT2D eigenvalue weighted by Gasteiger charge is 2.17. The van der Waals surface area contributed by atoms with Gasteiger partial charge >= 0.3 is 0 Å². The van der Waals surface area contributed by atoms with Crippen LogP contribution in [0.5, 0.6) is 0 Å². The lowest BCUT2D eigenvalue weighted by molar-refractivity contribution is 0.111. The zero-order chi connectivity index (χ0) is 32.1. The van der Waals surface area contributed by atoms with E-state index in [0.29, 0.717) is 11.1 Å². The molecular weight excluding hydrogens is 641 g/mol. The third-order valence-electron chi connectivity index (χ3n) is 8.58. The molecule has 0 aliphatic carbocycles. The molecule has 2 nitrogen and oxygen atoms in total. The number of carbonyl (C=O) groups excluding carboxylic acids is 2. The predicted molar refractivity (Wildman–Crippen MR) is 205 cm³/mol. The van der Waals surface area contributed by atoms with Gasteiger partial charge in [0.15, 0.2) is 12.6 Å². The molecule has 0 saturated heterocycles. The topological polar surface area (TPSA) is 34.1 Å². The molecule has 0 saturated carbocycles. The maximum Gasteiger partial charge on any atom is 0.150 e. The van der Waals surface area contributed by atoms with Gasteiger partial charge in [0.25, 0.3) is 0 Å². The second-order valence-electron chi connectivity index (χ2n) is 12.2. The third-order valence-corrected chi connectivity index (χ3v) is 13.5. The lowest BCUT2D eigenvalue weighted by atomic mass is 9.97. The van der Waals surface area contributed by atoms with Crippen LogP contribution in [0.2, 0.25) is 0 Å². The van der Waals surface area contributed by atoms with E-state index < -0.39 is 0 Å². The Labute approximate surface area is 291 Å². The van der Waals surface area contributed by atoms with Crippen molar-refractivity contribution in [3.63, 3.8) is 0 Å². The number of aldehydes is 2. The van der Waals surface area contributed by atoms with Crippen LogP contribution in [-0.4, -0.2) is 12.6 Å². The minimum atomic E-state index is 0.622. The number of hydrogen-bond donors (Lipinski definition) is 0. The van der Waals surface area contributed by atoms with Crippen LogP contribution in [0.25, 0.3) is 40.4 Å². The van der Waals surface area contributed by atoms with Gasteiger partial charge < -0.3 is 0 Å². The third kappa shape index (κ3) is 9.25. The van der Waals surface area contributed by atoms with Crippen LogP contribution >= 0.6 is 45.3 Å². The summed E-state index contributed by atoms with van der Waals surface area (Å²) < 4.78 is 0. The lowest BCUT2D eigenvalue weighted by Gasteiger charge is -2.09. The van der Waals surface area contributed by atoms with Crippen LogP contribution in [0.15, 0.2) is 60.7 Å². The van der Waals surface area contributed by atoms with Gasteiger partial charge in [-0.2, -0.15) is 0 Å². The van der Waals surface area contributed by atoms with E-state index in [1.165, 1.54) is 106 Å². The molecule has 1 aromatic carbocycles. The first-order valence-electron chi connectivity index (χ1n) is 17.1. The van der Waals surface area contributed by atoms with Crippen molar-refractivity contribution in [3.8, 4) is 40.4 Å². The maximum atomic E-state index is 12.4.